The van der Waals surface area contributed by atoms with E-state index in [0.717, 1.165) is 30.4 Å². The number of hydrogen-bond acceptors (Lipinski definition) is 6. The predicted molar refractivity (Wildman–Crippen MR) is 100 cm³/mol. The molecule has 4 rings (SSSR count). The van der Waals surface area contributed by atoms with E-state index >= 15 is 0 Å². The number of nitrogens with zero attached hydrogens (tertiary/aromatic N) is 4. The molecule has 2 aromatic heterocycles. The molecule has 140 valence electrons. The number of rotatable bonds is 5. The van der Waals surface area contributed by atoms with Gasteiger partial charge in [0.1, 0.15) is 11.6 Å². The van der Waals surface area contributed by atoms with E-state index in [0.29, 0.717) is 13.0 Å². The van der Waals surface area contributed by atoms with Crippen LogP contribution in [0, 0.1) is 12.8 Å². The number of likely N-dealkylation sites (tertiary alicyclic amines) is 1. The Morgan fingerprint density at radius 1 is 1.19 bits per heavy atom. The van der Waals surface area contributed by atoms with Gasteiger partial charge in [0, 0.05) is 44.2 Å². The molecule has 6 nitrogen and oxygen atoms in total. The fourth-order valence-corrected chi connectivity index (χ4v) is 4.09. The van der Waals surface area contributed by atoms with Gasteiger partial charge >= 0.3 is 0 Å². The summed E-state index contributed by atoms with van der Waals surface area (Å²) < 4.78 is 5.30. The lowest BCUT2D eigenvalue weighted by Crippen LogP contribution is -2.29. The summed E-state index contributed by atoms with van der Waals surface area (Å²) in [5.74, 6) is 1.94. The monoisotopic (exact) mass is 356 g/mol. The quantitative estimate of drug-likeness (QED) is 0.887. The van der Waals surface area contributed by atoms with Crippen molar-refractivity contribution in [2.75, 3.05) is 31.1 Å². The van der Waals surface area contributed by atoms with Gasteiger partial charge in [-0.05, 0) is 44.5 Å². The Balaban J connectivity index is 1.35. The van der Waals surface area contributed by atoms with Gasteiger partial charge in [0.2, 0.25) is 0 Å². The van der Waals surface area contributed by atoms with Crippen LogP contribution in [0.25, 0.3) is 0 Å². The molecular formula is C20H28N4O2. The first-order valence-corrected chi connectivity index (χ1v) is 9.70. The van der Waals surface area contributed by atoms with Gasteiger partial charge in [-0.15, -0.1) is 0 Å². The number of aromatic nitrogens is 2. The number of hydrogen-bond donors (Lipinski definition) is 1. The number of aryl methyl sites for hydroxylation is 1. The largest absolute Gasteiger partial charge is 0.391 e. The van der Waals surface area contributed by atoms with Gasteiger partial charge < -0.3 is 14.5 Å². The minimum atomic E-state index is -0.366. The van der Waals surface area contributed by atoms with Gasteiger partial charge in [-0.3, -0.25) is 4.90 Å². The third kappa shape index (κ3) is 4.07. The molecule has 6 heteroatoms. The van der Waals surface area contributed by atoms with Crippen LogP contribution in [-0.4, -0.2) is 52.4 Å². The number of anilines is 1. The summed E-state index contributed by atoms with van der Waals surface area (Å²) >= 11 is 0. The molecule has 0 unspecified atom stereocenters. The van der Waals surface area contributed by atoms with Gasteiger partial charge in [0.05, 0.1) is 11.8 Å². The summed E-state index contributed by atoms with van der Waals surface area (Å²) in [6.07, 6.45) is 6.32. The van der Waals surface area contributed by atoms with E-state index in [1.807, 2.05) is 19.2 Å². The second-order valence-corrected chi connectivity index (χ2v) is 7.73. The van der Waals surface area contributed by atoms with Crippen molar-refractivity contribution in [1.29, 1.82) is 0 Å². The number of piperidine rings is 1. The van der Waals surface area contributed by atoms with Crippen LogP contribution in [0.4, 0.5) is 5.82 Å². The molecule has 2 saturated heterocycles. The summed E-state index contributed by atoms with van der Waals surface area (Å²) in [5.41, 5.74) is 2.15. The predicted octanol–water partition coefficient (Wildman–Crippen LogP) is 2.40. The molecule has 2 aliphatic rings. The highest BCUT2D eigenvalue weighted by molar-refractivity contribution is 5.41. The number of aliphatic hydroxyl groups is 1. The SMILES string of the molecule is Cc1cc(C[C@@H]2CN(c3ccc(CN4CCCCC4)cn3)C[C@@H]2O)on1. The maximum atomic E-state index is 10.4. The minimum absolute atomic E-state index is 0.150. The molecule has 2 atom stereocenters. The zero-order valence-electron chi connectivity index (χ0n) is 15.5. The zero-order chi connectivity index (χ0) is 17.9. The average Bonchev–Trinajstić information content (AvgIpc) is 3.23. The van der Waals surface area contributed by atoms with Crippen LogP contribution in [0.1, 0.15) is 36.3 Å². The van der Waals surface area contributed by atoms with Crippen molar-refractivity contribution >= 4 is 5.82 Å². The molecule has 26 heavy (non-hydrogen) atoms. The lowest BCUT2D eigenvalue weighted by molar-refractivity contribution is 0.143. The second kappa shape index (κ2) is 7.76. The maximum absolute atomic E-state index is 10.4. The summed E-state index contributed by atoms with van der Waals surface area (Å²) in [6.45, 7) is 6.71. The Bertz CT molecular complexity index is 709. The first-order chi connectivity index (χ1) is 12.7. The Morgan fingerprint density at radius 2 is 2.04 bits per heavy atom. The molecule has 0 aromatic carbocycles. The first kappa shape index (κ1) is 17.5. The fourth-order valence-electron chi connectivity index (χ4n) is 4.09. The standard InChI is InChI=1S/C20H28N4O2/c1-15-9-18(26-22-15)10-17-13-24(14-19(17)25)20-6-5-16(11-21-20)12-23-7-3-2-4-8-23/h5-6,9,11,17,19,25H,2-4,7-8,10,12-14H2,1H3/t17-,19+/m1/s1. The Labute approximate surface area is 154 Å². The molecule has 0 amide bonds. The molecule has 0 saturated carbocycles. The van der Waals surface area contributed by atoms with Crippen molar-refractivity contribution in [3.8, 4) is 0 Å². The minimum Gasteiger partial charge on any atom is -0.391 e. The average molecular weight is 356 g/mol. The molecule has 0 aliphatic carbocycles. The molecular weight excluding hydrogens is 328 g/mol. The summed E-state index contributed by atoms with van der Waals surface area (Å²) in [4.78, 5) is 9.34. The van der Waals surface area contributed by atoms with Gasteiger partial charge in [0.15, 0.2) is 0 Å². The van der Waals surface area contributed by atoms with E-state index in [-0.39, 0.29) is 12.0 Å². The van der Waals surface area contributed by atoms with Crippen LogP contribution < -0.4 is 4.90 Å². The van der Waals surface area contributed by atoms with E-state index in [2.05, 4.69) is 32.1 Å². The lowest BCUT2D eigenvalue weighted by Gasteiger charge is -2.26. The van der Waals surface area contributed by atoms with Gasteiger partial charge in [-0.1, -0.05) is 17.6 Å². The molecule has 2 aliphatic heterocycles. The summed E-state index contributed by atoms with van der Waals surface area (Å²) in [5, 5.41) is 14.4. The maximum Gasteiger partial charge on any atom is 0.137 e. The van der Waals surface area contributed by atoms with E-state index in [1.54, 1.807) is 0 Å². The normalized spacial score (nSPS) is 24.3. The Hall–Kier alpha value is -1.92. The lowest BCUT2D eigenvalue weighted by atomic mass is 10.0. The zero-order valence-corrected chi connectivity index (χ0v) is 15.5. The summed E-state index contributed by atoms with van der Waals surface area (Å²) in [6, 6.07) is 6.21. The number of β-amino-alcohol motifs (C(OH)–C–C–N with tert-alkyl or cyclic N) is 1. The van der Waals surface area contributed by atoms with Crippen molar-refractivity contribution in [2.45, 2.75) is 45.3 Å². The van der Waals surface area contributed by atoms with E-state index in [4.69, 9.17) is 4.52 Å². The highest BCUT2D eigenvalue weighted by atomic mass is 16.5. The van der Waals surface area contributed by atoms with Gasteiger partial charge in [-0.2, -0.15) is 0 Å². The third-order valence-electron chi connectivity index (χ3n) is 5.53. The van der Waals surface area contributed by atoms with Crippen molar-refractivity contribution in [3.63, 3.8) is 0 Å². The second-order valence-electron chi connectivity index (χ2n) is 7.73. The third-order valence-corrected chi connectivity index (χ3v) is 5.53. The van der Waals surface area contributed by atoms with E-state index in [9.17, 15) is 5.11 Å². The van der Waals surface area contributed by atoms with Crippen LogP contribution in [0.5, 0.6) is 0 Å². The smallest absolute Gasteiger partial charge is 0.137 e. The van der Waals surface area contributed by atoms with Crippen molar-refractivity contribution in [2.24, 2.45) is 5.92 Å². The van der Waals surface area contributed by atoms with Crippen molar-refractivity contribution in [3.05, 3.63) is 41.4 Å². The first-order valence-electron chi connectivity index (χ1n) is 9.70. The molecule has 0 spiro atoms. The molecule has 4 heterocycles. The van der Waals surface area contributed by atoms with E-state index in [1.165, 1.54) is 37.9 Å². The fraction of sp³-hybridized carbons (Fsp3) is 0.600. The van der Waals surface area contributed by atoms with Gasteiger partial charge in [0.25, 0.3) is 0 Å². The molecule has 0 bridgehead atoms. The molecule has 2 fully saturated rings. The summed E-state index contributed by atoms with van der Waals surface area (Å²) in [7, 11) is 0. The van der Waals surface area contributed by atoms with Gasteiger partial charge in [-0.25, -0.2) is 4.98 Å². The molecule has 1 N–H and O–H groups in total. The molecule has 2 aromatic rings. The number of pyridine rings is 1. The highest BCUT2D eigenvalue weighted by Crippen LogP contribution is 2.26. The Kier molecular flexibility index (Phi) is 5.22. The van der Waals surface area contributed by atoms with Crippen LogP contribution in [-0.2, 0) is 13.0 Å². The highest BCUT2D eigenvalue weighted by Gasteiger charge is 2.33. The van der Waals surface area contributed by atoms with Crippen molar-refractivity contribution in [1.82, 2.24) is 15.0 Å². The van der Waals surface area contributed by atoms with E-state index < -0.39 is 0 Å². The number of aliphatic hydroxyl groups excluding tert-OH is 1. The van der Waals surface area contributed by atoms with Crippen LogP contribution in [0.3, 0.4) is 0 Å². The Morgan fingerprint density at radius 3 is 2.73 bits per heavy atom. The molecule has 0 radical (unpaired) electrons. The van der Waals surface area contributed by atoms with Crippen LogP contribution >= 0.6 is 0 Å². The topological polar surface area (TPSA) is 65.6 Å². The van der Waals surface area contributed by atoms with Crippen molar-refractivity contribution < 1.29 is 9.63 Å². The van der Waals surface area contributed by atoms with Crippen LogP contribution in [0.2, 0.25) is 0 Å². The van der Waals surface area contributed by atoms with Crippen LogP contribution in [0.15, 0.2) is 28.9 Å².